The monoisotopic (exact) mass is 292 g/mol. The van der Waals surface area contributed by atoms with Gasteiger partial charge in [-0.15, -0.1) is 0 Å². The van der Waals surface area contributed by atoms with Gasteiger partial charge in [-0.05, 0) is 48.7 Å². The zero-order chi connectivity index (χ0) is 15.7. The van der Waals surface area contributed by atoms with Crippen LogP contribution < -0.4 is 5.32 Å². The van der Waals surface area contributed by atoms with E-state index in [1.807, 2.05) is 12.1 Å². The first kappa shape index (κ1) is 14.0. The van der Waals surface area contributed by atoms with E-state index in [4.69, 9.17) is 5.26 Å². The van der Waals surface area contributed by atoms with Crippen LogP contribution in [0.4, 0.5) is 4.79 Å². The Kier molecular flexibility index (Phi) is 3.43. The molecule has 0 bridgehead atoms. The van der Waals surface area contributed by atoms with Gasteiger partial charge in [0, 0.05) is 6.54 Å². The summed E-state index contributed by atoms with van der Waals surface area (Å²) >= 11 is 0. The number of amides is 1. The van der Waals surface area contributed by atoms with Crippen LogP contribution in [0.3, 0.4) is 0 Å². The molecule has 110 valence electrons. The first-order valence-electron chi connectivity index (χ1n) is 7.03. The first-order chi connectivity index (χ1) is 10.6. The number of rotatable bonds is 2. The summed E-state index contributed by atoms with van der Waals surface area (Å²) in [6, 6.07) is 13.2. The minimum absolute atomic E-state index is 0.235. The molecule has 0 saturated heterocycles. The third-order valence-electron chi connectivity index (χ3n) is 3.82. The fourth-order valence-corrected chi connectivity index (χ4v) is 2.34. The summed E-state index contributed by atoms with van der Waals surface area (Å²) < 4.78 is 1.41. The van der Waals surface area contributed by atoms with Crippen molar-refractivity contribution in [2.75, 3.05) is 0 Å². The molecule has 22 heavy (non-hydrogen) atoms. The maximum Gasteiger partial charge on any atom is 0.341 e. The highest BCUT2D eigenvalue weighted by molar-refractivity contribution is 5.91. The summed E-state index contributed by atoms with van der Waals surface area (Å²) in [7, 11) is 0. The van der Waals surface area contributed by atoms with Gasteiger partial charge in [-0.3, -0.25) is 5.10 Å². The maximum absolute atomic E-state index is 12.2. The first-order valence-corrected chi connectivity index (χ1v) is 7.03. The number of aryl methyl sites for hydroxylation is 2. The zero-order valence-corrected chi connectivity index (χ0v) is 12.5. The molecule has 0 spiro atoms. The third-order valence-corrected chi connectivity index (χ3v) is 3.82. The van der Waals surface area contributed by atoms with Gasteiger partial charge in [0.15, 0.2) is 0 Å². The number of carbonyl (C=O) groups excluding carboxylic acids is 1. The van der Waals surface area contributed by atoms with Crippen LogP contribution in [0.15, 0.2) is 36.4 Å². The van der Waals surface area contributed by atoms with E-state index in [9.17, 15) is 4.79 Å². The van der Waals surface area contributed by atoms with Crippen molar-refractivity contribution in [3.8, 4) is 6.07 Å². The molecule has 3 aromatic rings. The van der Waals surface area contributed by atoms with Crippen molar-refractivity contribution in [3.63, 3.8) is 0 Å². The van der Waals surface area contributed by atoms with Crippen molar-refractivity contribution < 1.29 is 4.79 Å². The summed E-state index contributed by atoms with van der Waals surface area (Å²) in [5, 5.41) is 14.7. The summed E-state index contributed by atoms with van der Waals surface area (Å²) in [5.41, 5.74) is 5.60. The van der Waals surface area contributed by atoms with E-state index < -0.39 is 0 Å². The molecule has 0 saturated carbocycles. The van der Waals surface area contributed by atoms with Crippen molar-refractivity contribution in [2.24, 2.45) is 0 Å². The van der Waals surface area contributed by atoms with Gasteiger partial charge in [0.05, 0.1) is 22.7 Å². The van der Waals surface area contributed by atoms with E-state index in [0.717, 1.165) is 16.6 Å². The lowest BCUT2D eigenvalue weighted by Gasteiger charge is -2.16. The highest BCUT2D eigenvalue weighted by atomic mass is 16.2. The Labute approximate surface area is 128 Å². The number of nitriles is 1. The van der Waals surface area contributed by atoms with Crippen molar-refractivity contribution in [2.45, 2.75) is 20.4 Å². The van der Waals surface area contributed by atoms with Crippen LogP contribution in [0.2, 0.25) is 0 Å². The normalized spacial score (nSPS) is 10.6. The number of aromatic amines is 1. The van der Waals surface area contributed by atoms with Crippen molar-refractivity contribution >= 4 is 17.1 Å². The number of aromatic nitrogens is 2. The summed E-state index contributed by atoms with van der Waals surface area (Å²) in [5.74, 6) is 0. The number of H-pyrrole nitrogens is 1. The summed E-state index contributed by atoms with van der Waals surface area (Å²) in [6.07, 6.45) is 0. The molecule has 5 nitrogen and oxygen atoms in total. The summed E-state index contributed by atoms with van der Waals surface area (Å²) in [6.45, 7) is 4.58. The van der Waals surface area contributed by atoms with Crippen LogP contribution in [-0.4, -0.2) is 15.8 Å². The highest BCUT2D eigenvalue weighted by Gasteiger charge is 2.12. The molecule has 0 aliphatic carbocycles. The molecule has 2 N–H and O–H groups in total. The molecule has 0 radical (unpaired) electrons. The molecule has 2 aromatic carbocycles. The number of benzene rings is 2. The molecule has 0 atom stereocenters. The van der Waals surface area contributed by atoms with Gasteiger partial charge >= 0.3 is 6.03 Å². The van der Waals surface area contributed by atoms with Crippen LogP contribution >= 0.6 is 0 Å². The van der Waals surface area contributed by atoms with Crippen LogP contribution in [-0.2, 0) is 6.54 Å². The SMILES string of the molecule is Cc1ccc(CNC(=O)n2[nH]c3ccc(C#N)cc32)cc1C. The summed E-state index contributed by atoms with van der Waals surface area (Å²) in [4.78, 5) is 12.2. The molecule has 3 rings (SSSR count). The Hall–Kier alpha value is -3.00. The van der Waals surface area contributed by atoms with Gasteiger partial charge in [0.25, 0.3) is 0 Å². The van der Waals surface area contributed by atoms with E-state index in [1.54, 1.807) is 18.2 Å². The lowest BCUT2D eigenvalue weighted by Crippen LogP contribution is -2.32. The van der Waals surface area contributed by atoms with Gasteiger partial charge in [0.2, 0.25) is 0 Å². The molecular formula is C17H16N4O. The number of hydrogen-bond donors (Lipinski definition) is 2. The van der Waals surface area contributed by atoms with Crippen LogP contribution in [0.5, 0.6) is 0 Å². The second kappa shape index (κ2) is 5.41. The fraction of sp³-hybridized carbons (Fsp3) is 0.176. The molecule has 0 unspecified atom stereocenters. The number of nitrogens with zero attached hydrogens (tertiary/aromatic N) is 2. The molecule has 0 fully saturated rings. The third kappa shape index (κ3) is 2.47. The Bertz CT molecular complexity index is 895. The van der Waals surface area contributed by atoms with Gasteiger partial charge in [-0.25, -0.2) is 9.48 Å². The van der Waals surface area contributed by atoms with Crippen LogP contribution in [0.25, 0.3) is 11.0 Å². The zero-order valence-electron chi connectivity index (χ0n) is 12.5. The Morgan fingerprint density at radius 2 is 2.05 bits per heavy atom. The quantitative estimate of drug-likeness (QED) is 0.761. The topological polar surface area (TPSA) is 73.6 Å². The highest BCUT2D eigenvalue weighted by Crippen LogP contribution is 2.16. The molecule has 0 aliphatic heterocycles. The molecular weight excluding hydrogens is 276 g/mol. The second-order valence-corrected chi connectivity index (χ2v) is 5.37. The van der Waals surface area contributed by atoms with Crippen molar-refractivity contribution in [3.05, 3.63) is 58.7 Å². The predicted molar refractivity (Wildman–Crippen MR) is 84.6 cm³/mol. The van der Waals surface area contributed by atoms with E-state index >= 15 is 0 Å². The lowest BCUT2D eigenvalue weighted by atomic mass is 10.1. The minimum Gasteiger partial charge on any atom is -0.332 e. The van der Waals surface area contributed by atoms with Gasteiger partial charge in [0.1, 0.15) is 0 Å². The van der Waals surface area contributed by atoms with Gasteiger partial charge in [-0.2, -0.15) is 5.26 Å². The largest absolute Gasteiger partial charge is 0.341 e. The van der Waals surface area contributed by atoms with E-state index in [2.05, 4.69) is 36.4 Å². The number of hydrogen-bond acceptors (Lipinski definition) is 2. The number of carbonyl (C=O) groups is 1. The minimum atomic E-state index is -0.235. The van der Waals surface area contributed by atoms with Crippen LogP contribution in [0.1, 0.15) is 22.3 Å². The Morgan fingerprint density at radius 3 is 2.77 bits per heavy atom. The van der Waals surface area contributed by atoms with Crippen molar-refractivity contribution in [1.82, 2.24) is 15.1 Å². The number of nitrogens with one attached hydrogen (secondary N) is 2. The smallest absolute Gasteiger partial charge is 0.332 e. The van der Waals surface area contributed by atoms with Gasteiger partial charge in [-0.1, -0.05) is 18.2 Å². The predicted octanol–water partition coefficient (Wildman–Crippen LogP) is 3.22. The molecule has 1 amide bonds. The average Bonchev–Trinajstić information content (AvgIpc) is 2.49. The molecule has 5 heteroatoms. The maximum atomic E-state index is 12.2. The standard InChI is InChI=1S/C17H16N4O/c1-11-3-4-14(7-12(11)2)10-19-17(22)21-16-8-13(9-18)5-6-15(16)20-21/h3-8,20H,10H2,1-2H3,(H,19,22). The number of fused-ring (bicyclic) bond motifs is 1. The van der Waals surface area contributed by atoms with Gasteiger partial charge < -0.3 is 5.32 Å². The van der Waals surface area contributed by atoms with Crippen LogP contribution in [0, 0.1) is 25.2 Å². The second-order valence-electron chi connectivity index (χ2n) is 5.37. The molecule has 0 aliphatic rings. The lowest BCUT2D eigenvalue weighted by molar-refractivity contribution is 0.239. The van der Waals surface area contributed by atoms with E-state index in [-0.39, 0.29) is 6.03 Å². The Balaban J connectivity index is 1.73. The molecule has 1 heterocycles. The van der Waals surface area contributed by atoms with E-state index in [0.29, 0.717) is 12.1 Å². The van der Waals surface area contributed by atoms with Crippen molar-refractivity contribution in [1.29, 1.82) is 5.26 Å². The Morgan fingerprint density at radius 1 is 1.23 bits per heavy atom. The average molecular weight is 292 g/mol. The van der Waals surface area contributed by atoms with E-state index in [1.165, 1.54) is 15.8 Å². The molecule has 1 aromatic heterocycles. The fourth-order valence-electron chi connectivity index (χ4n) is 2.34.